The van der Waals surface area contributed by atoms with E-state index in [1.807, 2.05) is 12.1 Å². The molecule has 1 aliphatic rings. The zero-order valence-electron chi connectivity index (χ0n) is 15.6. The van der Waals surface area contributed by atoms with Gasteiger partial charge in [-0.05, 0) is 49.4 Å². The second-order valence-electron chi connectivity index (χ2n) is 7.47. The number of ether oxygens (including phenoxy) is 1. The first-order chi connectivity index (χ1) is 12.7. The predicted molar refractivity (Wildman–Crippen MR) is 108 cm³/mol. The van der Waals surface area contributed by atoms with E-state index in [1.165, 1.54) is 24.0 Å². The van der Waals surface area contributed by atoms with Crippen LogP contribution >= 0.6 is 0 Å². The molecule has 1 aliphatic heterocycles. The number of anilines is 1. The van der Waals surface area contributed by atoms with Crippen molar-refractivity contribution in [1.29, 1.82) is 0 Å². The van der Waals surface area contributed by atoms with Gasteiger partial charge in [0.05, 0.1) is 0 Å². The van der Waals surface area contributed by atoms with Crippen molar-refractivity contribution < 1.29 is 4.74 Å². The van der Waals surface area contributed by atoms with Gasteiger partial charge in [0.1, 0.15) is 23.7 Å². The van der Waals surface area contributed by atoms with Crippen molar-refractivity contribution >= 4 is 16.7 Å². The van der Waals surface area contributed by atoms with Gasteiger partial charge in [0, 0.05) is 18.5 Å². The molecule has 0 N–H and O–H groups in total. The molecule has 0 spiro atoms. The molecule has 0 aliphatic carbocycles. The van der Waals surface area contributed by atoms with Gasteiger partial charge in [-0.15, -0.1) is 0 Å². The van der Waals surface area contributed by atoms with Crippen LogP contribution in [0.15, 0.2) is 54.6 Å². The molecular weight excluding hydrogens is 320 g/mol. The van der Waals surface area contributed by atoms with Crippen molar-refractivity contribution in [2.45, 2.75) is 33.3 Å². The van der Waals surface area contributed by atoms with E-state index in [1.54, 1.807) is 0 Å². The predicted octanol–water partition coefficient (Wildman–Crippen LogP) is 5.36. The molecule has 1 saturated heterocycles. The summed E-state index contributed by atoms with van der Waals surface area (Å²) in [6.07, 6.45) is 2.56. The van der Waals surface area contributed by atoms with Crippen molar-refractivity contribution in [3.63, 3.8) is 0 Å². The first kappa shape index (κ1) is 16.9. The molecule has 1 aromatic heterocycles. The molecule has 0 saturated carbocycles. The number of rotatable bonds is 4. The maximum Gasteiger partial charge on any atom is 0.146 e. The van der Waals surface area contributed by atoms with E-state index in [9.17, 15) is 0 Å². The fraction of sp³-hybridized carbons (Fsp3) is 0.348. The molecule has 3 aromatic rings. The van der Waals surface area contributed by atoms with Crippen LogP contribution in [0.25, 0.3) is 10.9 Å². The Morgan fingerprint density at radius 1 is 1.12 bits per heavy atom. The van der Waals surface area contributed by atoms with Crippen LogP contribution in [-0.2, 0) is 6.61 Å². The van der Waals surface area contributed by atoms with E-state index >= 15 is 0 Å². The summed E-state index contributed by atoms with van der Waals surface area (Å²) in [5.41, 5.74) is 3.39. The molecule has 3 heteroatoms. The van der Waals surface area contributed by atoms with Gasteiger partial charge in [0.15, 0.2) is 0 Å². The third-order valence-corrected chi connectivity index (χ3v) is 5.13. The third-order valence-electron chi connectivity index (χ3n) is 5.13. The van der Waals surface area contributed by atoms with Crippen LogP contribution in [0.5, 0.6) is 5.75 Å². The third kappa shape index (κ3) is 3.67. The molecule has 2 aromatic carbocycles. The zero-order valence-corrected chi connectivity index (χ0v) is 15.6. The Hall–Kier alpha value is -2.55. The smallest absolute Gasteiger partial charge is 0.146 e. The molecule has 2 heterocycles. The van der Waals surface area contributed by atoms with Crippen LogP contribution < -0.4 is 9.64 Å². The average Bonchev–Trinajstić information content (AvgIpc) is 2.66. The molecule has 1 atom stereocenters. The molecule has 0 bridgehead atoms. The molecule has 134 valence electrons. The molecule has 0 amide bonds. The van der Waals surface area contributed by atoms with E-state index in [-0.39, 0.29) is 0 Å². The first-order valence-corrected chi connectivity index (χ1v) is 9.52. The number of piperidine rings is 1. The number of aryl methyl sites for hydroxylation is 1. The lowest BCUT2D eigenvalue weighted by Gasteiger charge is -2.32. The van der Waals surface area contributed by atoms with Crippen LogP contribution in [0.4, 0.5) is 5.82 Å². The van der Waals surface area contributed by atoms with E-state index in [4.69, 9.17) is 9.72 Å². The van der Waals surface area contributed by atoms with Gasteiger partial charge >= 0.3 is 0 Å². The number of aromatic nitrogens is 1. The summed E-state index contributed by atoms with van der Waals surface area (Å²) in [6, 6.07) is 18.9. The summed E-state index contributed by atoms with van der Waals surface area (Å²) in [6.45, 7) is 7.17. The minimum absolute atomic E-state index is 0.563. The molecule has 4 rings (SSSR count). The maximum absolute atomic E-state index is 6.14. The van der Waals surface area contributed by atoms with Gasteiger partial charge in [0.2, 0.25) is 0 Å². The highest BCUT2D eigenvalue weighted by atomic mass is 16.5. The minimum Gasteiger partial charge on any atom is -0.487 e. The molecule has 26 heavy (non-hydrogen) atoms. The monoisotopic (exact) mass is 346 g/mol. The number of pyridine rings is 1. The molecule has 3 nitrogen and oxygen atoms in total. The van der Waals surface area contributed by atoms with Gasteiger partial charge in [-0.3, -0.25) is 0 Å². The largest absolute Gasteiger partial charge is 0.487 e. The van der Waals surface area contributed by atoms with E-state index < -0.39 is 0 Å². The van der Waals surface area contributed by atoms with E-state index in [2.05, 4.69) is 61.2 Å². The van der Waals surface area contributed by atoms with Crippen LogP contribution in [0, 0.1) is 12.8 Å². The summed E-state index contributed by atoms with van der Waals surface area (Å²) in [7, 11) is 0. The lowest BCUT2D eigenvalue weighted by Crippen LogP contribution is -2.34. The summed E-state index contributed by atoms with van der Waals surface area (Å²) in [5, 5.41) is 1.13. The lowest BCUT2D eigenvalue weighted by molar-refractivity contribution is 0.309. The van der Waals surface area contributed by atoms with Gasteiger partial charge in [-0.1, -0.05) is 48.9 Å². The number of para-hydroxylation sites is 1. The highest BCUT2D eigenvalue weighted by Gasteiger charge is 2.18. The molecule has 0 radical (unpaired) electrons. The van der Waals surface area contributed by atoms with Gasteiger partial charge in [-0.25, -0.2) is 4.98 Å². The lowest BCUT2D eigenvalue weighted by atomic mass is 10.0. The van der Waals surface area contributed by atoms with Gasteiger partial charge < -0.3 is 9.64 Å². The zero-order chi connectivity index (χ0) is 17.9. The standard InChI is InChI=1S/C23H26N2O/c1-17-6-3-8-19(14-17)16-26-21-10-4-9-20-11-12-22(24-23(20)21)25-13-5-7-18(2)15-25/h3-4,6,8-12,14,18H,5,7,13,15-16H2,1-2H3. The van der Waals surface area contributed by atoms with E-state index in [0.29, 0.717) is 6.61 Å². The quantitative estimate of drug-likeness (QED) is 0.636. The molecule has 1 unspecified atom stereocenters. The minimum atomic E-state index is 0.563. The number of nitrogens with zero attached hydrogens (tertiary/aromatic N) is 2. The van der Waals surface area contributed by atoms with Crippen molar-refractivity contribution in [3.05, 3.63) is 65.7 Å². The van der Waals surface area contributed by atoms with Crippen LogP contribution in [0.3, 0.4) is 0 Å². The first-order valence-electron chi connectivity index (χ1n) is 9.52. The second-order valence-corrected chi connectivity index (χ2v) is 7.47. The number of hydrogen-bond donors (Lipinski definition) is 0. The van der Waals surface area contributed by atoms with Crippen molar-refractivity contribution in [2.24, 2.45) is 5.92 Å². The fourth-order valence-corrected chi connectivity index (χ4v) is 3.76. The summed E-state index contributed by atoms with van der Waals surface area (Å²) in [4.78, 5) is 7.37. The number of benzene rings is 2. The fourth-order valence-electron chi connectivity index (χ4n) is 3.76. The Labute approximate surface area is 155 Å². The average molecular weight is 346 g/mol. The number of hydrogen-bond acceptors (Lipinski definition) is 3. The topological polar surface area (TPSA) is 25.4 Å². The summed E-state index contributed by atoms with van der Waals surface area (Å²) >= 11 is 0. The van der Waals surface area contributed by atoms with Crippen molar-refractivity contribution in [3.8, 4) is 5.75 Å². The Morgan fingerprint density at radius 2 is 2.00 bits per heavy atom. The van der Waals surface area contributed by atoms with Crippen LogP contribution in [0.1, 0.15) is 30.9 Å². The Kier molecular flexibility index (Phi) is 4.79. The van der Waals surface area contributed by atoms with Gasteiger partial charge in [-0.2, -0.15) is 0 Å². The van der Waals surface area contributed by atoms with E-state index in [0.717, 1.165) is 41.5 Å². The molecule has 1 fully saturated rings. The van der Waals surface area contributed by atoms with Gasteiger partial charge in [0.25, 0.3) is 0 Å². The van der Waals surface area contributed by atoms with Crippen LogP contribution in [-0.4, -0.2) is 18.1 Å². The Bertz CT molecular complexity index is 906. The van der Waals surface area contributed by atoms with Crippen molar-refractivity contribution in [2.75, 3.05) is 18.0 Å². The Morgan fingerprint density at radius 3 is 2.85 bits per heavy atom. The van der Waals surface area contributed by atoms with Crippen molar-refractivity contribution in [1.82, 2.24) is 4.98 Å². The highest BCUT2D eigenvalue weighted by molar-refractivity contribution is 5.86. The SMILES string of the molecule is Cc1cccc(COc2cccc3ccc(N4CCCC(C)C4)nc23)c1. The molecular formula is C23H26N2O. The summed E-state index contributed by atoms with van der Waals surface area (Å²) < 4.78 is 6.14. The normalized spacial score (nSPS) is 17.5. The highest BCUT2D eigenvalue weighted by Crippen LogP contribution is 2.29. The Balaban J connectivity index is 1.61. The second kappa shape index (κ2) is 7.36. The summed E-state index contributed by atoms with van der Waals surface area (Å²) in [5.74, 6) is 2.65. The number of fused-ring (bicyclic) bond motifs is 1. The maximum atomic E-state index is 6.14. The van der Waals surface area contributed by atoms with Crippen LogP contribution in [0.2, 0.25) is 0 Å².